The highest BCUT2D eigenvalue weighted by atomic mass is 16.1. The van der Waals surface area contributed by atoms with E-state index in [4.69, 9.17) is 5.26 Å². The lowest BCUT2D eigenvalue weighted by Crippen LogP contribution is -2.26. The van der Waals surface area contributed by atoms with Crippen molar-refractivity contribution >= 4 is 16.9 Å². The molecular weight excluding hydrogens is 240 g/mol. The van der Waals surface area contributed by atoms with Crippen molar-refractivity contribution in [2.45, 2.75) is 32.9 Å². The zero-order chi connectivity index (χ0) is 13.8. The number of benzene rings is 1. The van der Waals surface area contributed by atoms with Gasteiger partial charge in [-0.2, -0.15) is 5.26 Å². The molecule has 98 valence electrons. The van der Waals surface area contributed by atoms with Crippen LogP contribution >= 0.6 is 0 Å². The lowest BCUT2D eigenvalue weighted by molar-refractivity contribution is -0.119. The van der Waals surface area contributed by atoms with Crippen molar-refractivity contribution in [1.29, 1.82) is 5.26 Å². The number of rotatable bonds is 4. The Bertz CT molecular complexity index is 638. The minimum atomic E-state index is -0.177. The summed E-state index contributed by atoms with van der Waals surface area (Å²) in [5.41, 5.74) is 1.87. The van der Waals surface area contributed by atoms with Crippen LogP contribution in [0, 0.1) is 11.3 Å². The summed E-state index contributed by atoms with van der Waals surface area (Å²) in [6.07, 6.45) is 0.417. The Labute approximate surface area is 111 Å². The number of carbonyl (C=O) groups excluding carboxylic acids is 1. The highest BCUT2D eigenvalue weighted by molar-refractivity contribution is 5.77. The Kier molecular flexibility index (Phi) is 3.81. The maximum absolute atomic E-state index is 11.2. The molecule has 19 heavy (non-hydrogen) atoms. The van der Waals surface area contributed by atoms with Crippen LogP contribution in [0.1, 0.15) is 32.1 Å². The van der Waals surface area contributed by atoms with Gasteiger partial charge in [-0.1, -0.05) is 12.1 Å². The molecule has 0 fully saturated rings. The first-order chi connectivity index (χ1) is 9.13. The molecule has 1 amide bonds. The third kappa shape index (κ3) is 2.74. The minimum absolute atomic E-state index is 0.0913. The van der Waals surface area contributed by atoms with Gasteiger partial charge in [0.15, 0.2) is 0 Å². The van der Waals surface area contributed by atoms with Gasteiger partial charge in [-0.05, 0) is 19.1 Å². The molecule has 0 aliphatic rings. The average Bonchev–Trinajstić information content (AvgIpc) is 2.74. The molecule has 2 rings (SSSR count). The summed E-state index contributed by atoms with van der Waals surface area (Å²) < 4.78 is 2.00. The molecule has 1 N–H and O–H groups in total. The van der Waals surface area contributed by atoms with Gasteiger partial charge in [0.05, 0.1) is 29.6 Å². The zero-order valence-corrected chi connectivity index (χ0v) is 11.1. The van der Waals surface area contributed by atoms with E-state index >= 15 is 0 Å². The largest absolute Gasteiger partial charge is 0.347 e. The van der Waals surface area contributed by atoms with Crippen LogP contribution in [-0.4, -0.2) is 15.5 Å². The van der Waals surface area contributed by atoms with Crippen LogP contribution in [0.25, 0.3) is 11.0 Å². The highest BCUT2D eigenvalue weighted by Gasteiger charge is 2.16. The van der Waals surface area contributed by atoms with Crippen LogP contribution < -0.4 is 5.32 Å². The van der Waals surface area contributed by atoms with Crippen molar-refractivity contribution in [3.8, 4) is 6.07 Å². The lowest BCUT2D eigenvalue weighted by atomic mass is 10.3. The SMILES string of the molecule is CC(=O)N[C@H](C)c1nc2ccccc2n1CCC#N. The van der Waals surface area contributed by atoms with Crippen LogP contribution in [0.4, 0.5) is 0 Å². The number of imidazole rings is 1. The Morgan fingerprint density at radius 3 is 2.95 bits per heavy atom. The van der Waals surface area contributed by atoms with Gasteiger partial charge in [0.25, 0.3) is 0 Å². The smallest absolute Gasteiger partial charge is 0.217 e. The summed E-state index contributed by atoms with van der Waals surface area (Å²) in [7, 11) is 0. The molecule has 0 spiro atoms. The maximum Gasteiger partial charge on any atom is 0.217 e. The predicted molar refractivity (Wildman–Crippen MR) is 72.2 cm³/mol. The van der Waals surface area contributed by atoms with E-state index < -0.39 is 0 Å². The molecule has 0 saturated heterocycles. The van der Waals surface area contributed by atoms with E-state index in [0.717, 1.165) is 16.9 Å². The maximum atomic E-state index is 11.2. The summed E-state index contributed by atoms with van der Waals surface area (Å²) in [4.78, 5) is 15.7. The molecule has 1 aromatic heterocycles. The number of nitrogens with zero attached hydrogens (tertiary/aromatic N) is 3. The number of hydrogen-bond acceptors (Lipinski definition) is 3. The molecule has 0 unspecified atom stereocenters. The summed E-state index contributed by atoms with van der Waals surface area (Å²) >= 11 is 0. The first-order valence-corrected chi connectivity index (χ1v) is 6.22. The molecule has 5 heteroatoms. The normalized spacial score (nSPS) is 12.1. The molecular formula is C14H16N4O. The van der Waals surface area contributed by atoms with Crippen molar-refractivity contribution in [3.05, 3.63) is 30.1 Å². The van der Waals surface area contributed by atoms with Crippen LogP contribution in [0.2, 0.25) is 0 Å². The molecule has 0 bridgehead atoms. The fourth-order valence-corrected chi connectivity index (χ4v) is 2.19. The fourth-order valence-electron chi connectivity index (χ4n) is 2.19. The number of aromatic nitrogens is 2. The third-order valence-corrected chi connectivity index (χ3v) is 2.94. The molecule has 0 aliphatic carbocycles. The number of aryl methyl sites for hydroxylation is 1. The van der Waals surface area contributed by atoms with Gasteiger partial charge < -0.3 is 9.88 Å². The van der Waals surface area contributed by atoms with E-state index in [1.807, 2.05) is 35.8 Å². The molecule has 0 aliphatic heterocycles. The van der Waals surface area contributed by atoms with E-state index in [-0.39, 0.29) is 11.9 Å². The minimum Gasteiger partial charge on any atom is -0.347 e. The number of hydrogen-bond donors (Lipinski definition) is 1. The van der Waals surface area contributed by atoms with Crippen LogP contribution in [0.3, 0.4) is 0 Å². The molecule has 1 heterocycles. The van der Waals surface area contributed by atoms with Crippen molar-refractivity contribution in [2.24, 2.45) is 0 Å². The van der Waals surface area contributed by atoms with Gasteiger partial charge in [0, 0.05) is 13.5 Å². The number of nitriles is 1. The zero-order valence-electron chi connectivity index (χ0n) is 11.1. The molecule has 1 aromatic carbocycles. The second-order valence-corrected chi connectivity index (χ2v) is 4.44. The van der Waals surface area contributed by atoms with E-state index in [0.29, 0.717) is 13.0 Å². The molecule has 2 aromatic rings. The summed E-state index contributed by atoms with van der Waals surface area (Å²) in [6.45, 7) is 3.96. The quantitative estimate of drug-likeness (QED) is 0.911. The third-order valence-electron chi connectivity index (χ3n) is 2.94. The summed E-state index contributed by atoms with van der Waals surface area (Å²) in [5.74, 6) is 0.693. The molecule has 0 radical (unpaired) electrons. The number of nitrogens with one attached hydrogen (secondary N) is 1. The number of fused-ring (bicyclic) bond motifs is 1. The van der Waals surface area contributed by atoms with Crippen LogP contribution in [0.5, 0.6) is 0 Å². The Morgan fingerprint density at radius 2 is 2.26 bits per heavy atom. The lowest BCUT2D eigenvalue weighted by Gasteiger charge is -2.14. The molecule has 1 atom stereocenters. The van der Waals surface area contributed by atoms with Crippen molar-refractivity contribution in [1.82, 2.24) is 14.9 Å². The van der Waals surface area contributed by atoms with Gasteiger partial charge in [-0.25, -0.2) is 4.98 Å². The number of carbonyl (C=O) groups is 1. The van der Waals surface area contributed by atoms with E-state index in [1.165, 1.54) is 6.92 Å². The van der Waals surface area contributed by atoms with E-state index in [1.54, 1.807) is 0 Å². The topological polar surface area (TPSA) is 70.7 Å². The Hall–Kier alpha value is -2.35. The van der Waals surface area contributed by atoms with Crippen molar-refractivity contribution in [2.75, 3.05) is 0 Å². The van der Waals surface area contributed by atoms with Crippen LogP contribution in [-0.2, 0) is 11.3 Å². The van der Waals surface area contributed by atoms with Gasteiger partial charge in [0.1, 0.15) is 5.82 Å². The Balaban J connectivity index is 2.46. The highest BCUT2D eigenvalue weighted by Crippen LogP contribution is 2.21. The monoisotopic (exact) mass is 256 g/mol. The first-order valence-electron chi connectivity index (χ1n) is 6.22. The van der Waals surface area contributed by atoms with Gasteiger partial charge in [-0.15, -0.1) is 0 Å². The van der Waals surface area contributed by atoms with Gasteiger partial charge in [-0.3, -0.25) is 4.79 Å². The van der Waals surface area contributed by atoms with Crippen molar-refractivity contribution in [3.63, 3.8) is 0 Å². The number of amides is 1. The second-order valence-electron chi connectivity index (χ2n) is 4.44. The summed E-state index contributed by atoms with van der Waals surface area (Å²) in [5, 5.41) is 11.6. The molecule has 5 nitrogen and oxygen atoms in total. The molecule has 0 saturated carbocycles. The summed E-state index contributed by atoms with van der Waals surface area (Å²) in [6, 6.07) is 9.74. The predicted octanol–water partition coefficient (Wildman–Crippen LogP) is 2.15. The number of para-hydroxylation sites is 2. The van der Waals surface area contributed by atoms with E-state index in [9.17, 15) is 4.79 Å². The van der Waals surface area contributed by atoms with Gasteiger partial charge >= 0.3 is 0 Å². The second kappa shape index (κ2) is 5.53. The fraction of sp³-hybridized carbons (Fsp3) is 0.357. The van der Waals surface area contributed by atoms with Crippen molar-refractivity contribution < 1.29 is 4.79 Å². The van der Waals surface area contributed by atoms with Gasteiger partial charge in [0.2, 0.25) is 5.91 Å². The Morgan fingerprint density at radius 1 is 1.53 bits per heavy atom. The van der Waals surface area contributed by atoms with E-state index in [2.05, 4.69) is 16.4 Å². The first kappa shape index (κ1) is 13.1. The van der Waals surface area contributed by atoms with Crippen LogP contribution in [0.15, 0.2) is 24.3 Å². The standard InChI is InChI=1S/C14H16N4O/c1-10(16-11(2)19)14-17-12-6-3-4-7-13(12)18(14)9-5-8-15/h3-4,6-7,10H,5,9H2,1-2H3,(H,16,19)/t10-/m1/s1. The average molecular weight is 256 g/mol.